The predicted octanol–water partition coefficient (Wildman–Crippen LogP) is 4.60. The zero-order valence-electron chi connectivity index (χ0n) is 22.1. The zero-order valence-corrected chi connectivity index (χ0v) is 22.1. The predicted molar refractivity (Wildman–Crippen MR) is 145 cm³/mol. The van der Waals surface area contributed by atoms with E-state index in [9.17, 15) is 9.90 Å². The van der Waals surface area contributed by atoms with E-state index in [4.69, 9.17) is 20.9 Å². The number of hydrogen-bond donors (Lipinski definition) is 3. The number of nitrogens with two attached hydrogens (primary N) is 2. The second-order valence-electron chi connectivity index (χ2n) is 10.3. The molecule has 0 spiro atoms. The number of phenols is 1. The van der Waals surface area contributed by atoms with Crippen LogP contribution in [0.25, 0.3) is 0 Å². The lowest BCUT2D eigenvalue weighted by atomic mass is 9.85. The third-order valence-corrected chi connectivity index (χ3v) is 7.65. The van der Waals surface area contributed by atoms with Crippen LogP contribution in [0.1, 0.15) is 81.4 Å². The van der Waals surface area contributed by atoms with Gasteiger partial charge >= 0.3 is 0 Å². The number of hydrogen-bond acceptors (Lipinski definition) is 5. The first-order valence-corrected chi connectivity index (χ1v) is 13.7. The van der Waals surface area contributed by atoms with Gasteiger partial charge < -0.3 is 26.0 Å². The van der Waals surface area contributed by atoms with Crippen molar-refractivity contribution in [3.8, 4) is 11.5 Å². The fraction of sp³-hybridized carbons (Fsp3) is 0.655. The average Bonchev–Trinajstić information content (AvgIpc) is 3.29. The van der Waals surface area contributed by atoms with Gasteiger partial charge in [0.05, 0.1) is 6.10 Å². The molecule has 0 saturated heterocycles. The fourth-order valence-electron chi connectivity index (χ4n) is 5.69. The summed E-state index contributed by atoms with van der Waals surface area (Å²) in [5, 5.41) is 11.4. The van der Waals surface area contributed by atoms with E-state index in [0.717, 1.165) is 68.9 Å². The van der Waals surface area contributed by atoms with E-state index < -0.39 is 0 Å². The molecule has 200 valence electrons. The number of methoxy groups -OCH3 is 1. The number of aryl methyl sites for hydroxylation is 1. The Labute approximate surface area is 216 Å². The van der Waals surface area contributed by atoms with Crippen LogP contribution in [-0.4, -0.2) is 43.2 Å². The summed E-state index contributed by atoms with van der Waals surface area (Å²) in [7, 11) is 1.72. The minimum atomic E-state index is 0.112. The number of ketones is 1. The van der Waals surface area contributed by atoms with Crippen LogP contribution in [0, 0.1) is 11.8 Å². The number of aromatic hydroxyl groups is 1. The molecule has 36 heavy (non-hydrogen) atoms. The number of nitrogens with zero attached hydrogens (tertiary/aromatic N) is 1. The molecule has 5 N–H and O–H groups in total. The van der Waals surface area contributed by atoms with Gasteiger partial charge in [-0.3, -0.25) is 9.79 Å². The summed E-state index contributed by atoms with van der Waals surface area (Å²) in [5.74, 6) is 1.70. The maximum atomic E-state index is 12.5. The van der Waals surface area contributed by atoms with Gasteiger partial charge in [0.2, 0.25) is 0 Å². The van der Waals surface area contributed by atoms with Gasteiger partial charge in [0.25, 0.3) is 0 Å². The van der Waals surface area contributed by atoms with Crippen molar-refractivity contribution in [3.63, 3.8) is 0 Å². The Hall–Kier alpha value is -2.54. The van der Waals surface area contributed by atoms with E-state index in [0.29, 0.717) is 44.1 Å². The van der Waals surface area contributed by atoms with Crippen molar-refractivity contribution in [1.82, 2.24) is 0 Å². The van der Waals surface area contributed by atoms with Crippen molar-refractivity contribution >= 4 is 11.7 Å². The summed E-state index contributed by atoms with van der Waals surface area (Å²) in [4.78, 5) is 16.7. The molecule has 1 aromatic carbocycles. The molecule has 2 aliphatic carbocycles. The van der Waals surface area contributed by atoms with E-state index >= 15 is 0 Å². The lowest BCUT2D eigenvalue weighted by molar-refractivity contribution is -0.114. The summed E-state index contributed by atoms with van der Waals surface area (Å²) < 4.78 is 11.9. The number of ether oxygens (including phenoxy) is 2. The van der Waals surface area contributed by atoms with Crippen LogP contribution in [0.4, 0.5) is 0 Å². The second kappa shape index (κ2) is 14.3. The highest BCUT2D eigenvalue weighted by molar-refractivity contribution is 5.89. The molecule has 2 atom stereocenters. The molecule has 1 fully saturated rings. The van der Waals surface area contributed by atoms with E-state index in [2.05, 4.69) is 11.9 Å². The smallest absolute Gasteiger partial charge is 0.185 e. The maximum Gasteiger partial charge on any atom is 0.185 e. The molecular formula is C29H45N3O4. The van der Waals surface area contributed by atoms with Gasteiger partial charge in [-0.15, -0.1) is 0 Å². The quantitative estimate of drug-likeness (QED) is 0.158. The minimum absolute atomic E-state index is 0.112. The Morgan fingerprint density at radius 2 is 1.97 bits per heavy atom. The normalized spacial score (nSPS) is 20.3. The summed E-state index contributed by atoms with van der Waals surface area (Å²) in [5.41, 5.74) is 14.3. The highest BCUT2D eigenvalue weighted by Crippen LogP contribution is 2.43. The van der Waals surface area contributed by atoms with Gasteiger partial charge in [-0.25, -0.2) is 0 Å². The third kappa shape index (κ3) is 7.99. The molecule has 0 aliphatic heterocycles. The molecule has 2 unspecified atom stereocenters. The van der Waals surface area contributed by atoms with Gasteiger partial charge in [0.1, 0.15) is 0 Å². The van der Waals surface area contributed by atoms with E-state index in [1.54, 1.807) is 13.2 Å². The van der Waals surface area contributed by atoms with E-state index in [1.807, 2.05) is 12.1 Å². The number of rotatable bonds is 13. The summed E-state index contributed by atoms with van der Waals surface area (Å²) in [6, 6.07) is 2.00. The zero-order chi connectivity index (χ0) is 25.9. The Morgan fingerprint density at radius 1 is 1.19 bits per heavy atom. The highest BCUT2D eigenvalue weighted by Gasteiger charge is 2.31. The van der Waals surface area contributed by atoms with Crippen LogP contribution < -0.4 is 16.2 Å². The van der Waals surface area contributed by atoms with Crippen LogP contribution >= 0.6 is 0 Å². The number of benzene rings is 1. The van der Waals surface area contributed by atoms with Gasteiger partial charge in [-0.2, -0.15) is 0 Å². The minimum Gasteiger partial charge on any atom is -0.504 e. The van der Waals surface area contributed by atoms with Crippen LogP contribution in [0.2, 0.25) is 0 Å². The molecule has 0 aromatic heterocycles. The monoisotopic (exact) mass is 499 g/mol. The largest absolute Gasteiger partial charge is 0.504 e. The number of carbonyl (C=O) groups is 1. The molecule has 0 amide bonds. The molecule has 0 heterocycles. The van der Waals surface area contributed by atoms with Crippen molar-refractivity contribution in [1.29, 1.82) is 0 Å². The summed E-state index contributed by atoms with van der Waals surface area (Å²) in [6.45, 7) is 3.29. The Morgan fingerprint density at radius 3 is 2.67 bits per heavy atom. The van der Waals surface area contributed by atoms with Crippen molar-refractivity contribution in [3.05, 3.63) is 34.9 Å². The average molecular weight is 500 g/mol. The molecule has 1 saturated carbocycles. The Balaban J connectivity index is 1.89. The highest BCUT2D eigenvalue weighted by atomic mass is 16.5. The SMILES string of the molecule is CCCC=CC(=O)CCc1cc(OC2CCCC2)c(O)c2c1CCC(CCN=C(N)N)C(COC)C2. The van der Waals surface area contributed by atoms with Crippen LogP contribution in [0.3, 0.4) is 0 Å². The number of allylic oxidation sites excluding steroid dienone is 2. The molecule has 3 rings (SSSR count). The standard InChI is InChI=1S/C29H45N3O4/c1-3-4-5-8-23(33)13-11-21-18-27(36-24-9-6-7-10-24)28(34)26-17-22(19-35-2)20(12-14-25(21)26)15-16-32-29(30)31/h5,8,18,20,22,24,34H,3-4,6-7,9-17,19H2,1-2H3,(H4,30,31,32). The van der Waals surface area contributed by atoms with E-state index in [-0.39, 0.29) is 29.5 Å². The lowest BCUT2D eigenvalue weighted by Crippen LogP contribution is -2.25. The van der Waals surface area contributed by atoms with Crippen LogP contribution in [0.15, 0.2) is 23.2 Å². The molecule has 2 aliphatic rings. The third-order valence-electron chi connectivity index (χ3n) is 7.65. The number of carbonyl (C=O) groups excluding carboxylic acids is 1. The Bertz CT molecular complexity index is 918. The number of fused-ring (bicyclic) bond motifs is 1. The van der Waals surface area contributed by atoms with Crippen LogP contribution in [0.5, 0.6) is 11.5 Å². The second-order valence-corrected chi connectivity index (χ2v) is 10.3. The number of phenolic OH excluding ortho intramolecular Hbond substituents is 1. The fourth-order valence-corrected chi connectivity index (χ4v) is 5.69. The number of aliphatic imine (C=N–C) groups is 1. The molecule has 1 aromatic rings. The first-order valence-electron chi connectivity index (χ1n) is 13.7. The molecule has 7 heteroatoms. The first kappa shape index (κ1) is 28.0. The maximum absolute atomic E-state index is 12.5. The van der Waals surface area contributed by atoms with Gasteiger partial charge in [0.15, 0.2) is 23.2 Å². The topological polar surface area (TPSA) is 120 Å². The van der Waals surface area contributed by atoms with Crippen molar-refractivity contribution in [2.75, 3.05) is 20.3 Å². The summed E-state index contributed by atoms with van der Waals surface area (Å²) >= 11 is 0. The Kier molecular flexibility index (Phi) is 11.1. The molecular weight excluding hydrogens is 454 g/mol. The van der Waals surface area contributed by atoms with Crippen LogP contribution in [-0.2, 0) is 28.8 Å². The molecule has 0 bridgehead atoms. The lowest BCUT2D eigenvalue weighted by Gasteiger charge is -2.25. The summed E-state index contributed by atoms with van der Waals surface area (Å²) in [6.07, 6.45) is 14.6. The molecule has 0 radical (unpaired) electrons. The van der Waals surface area contributed by atoms with Gasteiger partial charge in [0, 0.05) is 32.2 Å². The number of unbranched alkanes of at least 4 members (excludes halogenated alkanes) is 1. The molecule has 7 nitrogen and oxygen atoms in total. The van der Waals surface area contributed by atoms with Crippen molar-refractivity contribution in [2.24, 2.45) is 28.3 Å². The number of guanidine groups is 1. The van der Waals surface area contributed by atoms with E-state index in [1.165, 1.54) is 5.56 Å². The van der Waals surface area contributed by atoms with Gasteiger partial charge in [-0.05, 0) is 99.3 Å². The first-order chi connectivity index (χ1) is 17.4. The van der Waals surface area contributed by atoms with Crippen molar-refractivity contribution in [2.45, 2.75) is 90.1 Å². The van der Waals surface area contributed by atoms with Gasteiger partial charge in [-0.1, -0.05) is 19.4 Å². The van der Waals surface area contributed by atoms with Crippen molar-refractivity contribution < 1.29 is 19.4 Å².